The van der Waals surface area contributed by atoms with E-state index >= 15 is 0 Å². The number of hydrogen-bond donors (Lipinski definition) is 0. The first-order valence-corrected chi connectivity index (χ1v) is 10.1. The van der Waals surface area contributed by atoms with Gasteiger partial charge in [0.2, 0.25) is 0 Å². The molecule has 0 radical (unpaired) electrons. The van der Waals surface area contributed by atoms with Crippen LogP contribution in [0, 0.1) is 0 Å². The van der Waals surface area contributed by atoms with Gasteiger partial charge in [0.15, 0.2) is 0 Å². The Kier molecular flexibility index (Phi) is 7.02. The Labute approximate surface area is 158 Å². The Morgan fingerprint density at radius 3 is 2.65 bits per heavy atom. The average Bonchev–Trinajstić information content (AvgIpc) is 2.71. The van der Waals surface area contributed by atoms with Crippen LogP contribution in [0.1, 0.15) is 62.1 Å². The van der Waals surface area contributed by atoms with E-state index in [1.807, 2.05) is 0 Å². The molecule has 1 unspecified atom stereocenters. The summed E-state index contributed by atoms with van der Waals surface area (Å²) in [6, 6.07) is 19.6. The summed E-state index contributed by atoms with van der Waals surface area (Å²) in [6.45, 7) is 4.68. The van der Waals surface area contributed by atoms with Crippen LogP contribution in [0.4, 0.5) is 0 Å². The van der Waals surface area contributed by atoms with E-state index in [2.05, 4.69) is 72.7 Å². The Morgan fingerprint density at radius 1 is 1.00 bits per heavy atom. The zero-order chi connectivity index (χ0) is 18.1. The van der Waals surface area contributed by atoms with Crippen LogP contribution < -0.4 is 0 Å². The summed E-state index contributed by atoms with van der Waals surface area (Å²) in [5.74, 6) is 0. The van der Waals surface area contributed by atoms with Gasteiger partial charge in [-0.2, -0.15) is 0 Å². The summed E-state index contributed by atoms with van der Waals surface area (Å²) in [7, 11) is 0. The monoisotopic (exact) mass is 349 g/mol. The lowest BCUT2D eigenvalue weighted by Crippen LogP contribution is -2.37. The number of unbranched alkanes of at least 4 members (excludes halogenated alkanes) is 3. The van der Waals surface area contributed by atoms with Crippen molar-refractivity contribution in [3.63, 3.8) is 0 Å². The predicted molar refractivity (Wildman–Crippen MR) is 110 cm³/mol. The summed E-state index contributed by atoms with van der Waals surface area (Å²) in [6.07, 6.45) is 9.26. The largest absolute Gasteiger partial charge is 0.375 e. The summed E-state index contributed by atoms with van der Waals surface area (Å²) in [4.78, 5) is 4.64. The van der Waals surface area contributed by atoms with Gasteiger partial charge in [0.05, 0.1) is 13.2 Å². The molecule has 2 heteroatoms. The van der Waals surface area contributed by atoms with Crippen LogP contribution in [0.5, 0.6) is 0 Å². The van der Waals surface area contributed by atoms with Gasteiger partial charge in [-0.3, -0.25) is 4.99 Å². The van der Waals surface area contributed by atoms with Crippen molar-refractivity contribution in [1.29, 1.82) is 0 Å². The van der Waals surface area contributed by atoms with Gasteiger partial charge in [0, 0.05) is 12.0 Å². The molecular weight excluding hydrogens is 318 g/mol. The van der Waals surface area contributed by atoms with Crippen molar-refractivity contribution in [1.82, 2.24) is 0 Å². The molecule has 2 aromatic carbocycles. The quantitative estimate of drug-likeness (QED) is 0.406. The Hall–Kier alpha value is -1.93. The minimum absolute atomic E-state index is 0.0651. The van der Waals surface area contributed by atoms with E-state index in [4.69, 9.17) is 4.74 Å². The molecule has 0 aromatic heterocycles. The average molecular weight is 350 g/mol. The second kappa shape index (κ2) is 9.68. The normalized spacial score (nSPS) is 19.6. The highest BCUT2D eigenvalue weighted by Gasteiger charge is 2.38. The zero-order valence-electron chi connectivity index (χ0n) is 16.0. The number of hydrogen-bond acceptors (Lipinski definition) is 2. The number of rotatable bonds is 9. The second-order valence-corrected chi connectivity index (χ2v) is 7.29. The molecule has 0 fully saturated rings. The Morgan fingerprint density at radius 2 is 1.81 bits per heavy atom. The van der Waals surface area contributed by atoms with E-state index in [1.165, 1.54) is 42.4 Å². The van der Waals surface area contributed by atoms with Crippen LogP contribution >= 0.6 is 0 Å². The highest BCUT2D eigenvalue weighted by Crippen LogP contribution is 2.41. The van der Waals surface area contributed by atoms with E-state index in [0.717, 1.165) is 32.6 Å². The molecule has 1 aliphatic heterocycles. The van der Waals surface area contributed by atoms with Gasteiger partial charge in [-0.05, 0) is 42.2 Å². The molecular formula is C24H31NO. The molecule has 26 heavy (non-hydrogen) atoms. The molecule has 0 N–H and O–H groups in total. The molecule has 1 atom stereocenters. The van der Waals surface area contributed by atoms with Crippen molar-refractivity contribution in [3.05, 3.63) is 71.3 Å². The SMILES string of the molecule is CCCCCCN=CCCC1(c2ccccc2)COCc2ccccc21. The highest BCUT2D eigenvalue weighted by molar-refractivity contribution is 5.58. The molecule has 1 heterocycles. The first-order chi connectivity index (χ1) is 12.9. The van der Waals surface area contributed by atoms with Crippen molar-refractivity contribution in [2.75, 3.05) is 13.2 Å². The lowest BCUT2D eigenvalue weighted by atomic mass is 9.69. The molecule has 0 aliphatic carbocycles. The molecule has 2 nitrogen and oxygen atoms in total. The van der Waals surface area contributed by atoms with E-state index in [1.54, 1.807) is 0 Å². The summed E-state index contributed by atoms with van der Waals surface area (Å²) < 4.78 is 6.04. The van der Waals surface area contributed by atoms with Crippen molar-refractivity contribution >= 4 is 6.21 Å². The molecule has 0 saturated heterocycles. The Balaban J connectivity index is 1.74. The molecule has 0 saturated carbocycles. The number of ether oxygens (including phenoxy) is 1. The van der Waals surface area contributed by atoms with Crippen LogP contribution in [-0.4, -0.2) is 19.4 Å². The van der Waals surface area contributed by atoms with Crippen molar-refractivity contribution in [2.24, 2.45) is 4.99 Å². The van der Waals surface area contributed by atoms with Crippen LogP contribution in [0.3, 0.4) is 0 Å². The third-order valence-electron chi connectivity index (χ3n) is 5.44. The summed E-state index contributed by atoms with van der Waals surface area (Å²) >= 11 is 0. The molecule has 0 spiro atoms. The van der Waals surface area contributed by atoms with Crippen LogP contribution in [0.15, 0.2) is 59.6 Å². The van der Waals surface area contributed by atoms with Crippen molar-refractivity contribution in [2.45, 2.75) is 57.5 Å². The van der Waals surface area contributed by atoms with Gasteiger partial charge in [-0.1, -0.05) is 80.8 Å². The zero-order valence-corrected chi connectivity index (χ0v) is 16.0. The highest BCUT2D eigenvalue weighted by atomic mass is 16.5. The topological polar surface area (TPSA) is 21.6 Å². The van der Waals surface area contributed by atoms with Crippen LogP contribution in [0.2, 0.25) is 0 Å². The maximum atomic E-state index is 6.04. The van der Waals surface area contributed by atoms with E-state index < -0.39 is 0 Å². The Bertz CT molecular complexity index is 694. The number of nitrogens with zero attached hydrogens (tertiary/aromatic N) is 1. The minimum Gasteiger partial charge on any atom is -0.375 e. The third kappa shape index (κ3) is 4.42. The maximum absolute atomic E-state index is 6.04. The standard InChI is InChI=1S/C24H31NO/c1-2-3-4-10-17-25-18-11-16-24(22-13-6-5-7-14-22)20-26-19-21-12-8-9-15-23(21)24/h5-9,12-15,18H,2-4,10-11,16-17,19-20H2,1H3. The van der Waals surface area contributed by atoms with E-state index in [-0.39, 0.29) is 5.41 Å². The molecule has 2 aromatic rings. The maximum Gasteiger partial charge on any atom is 0.0720 e. The summed E-state index contributed by atoms with van der Waals surface area (Å²) in [5, 5.41) is 0. The lowest BCUT2D eigenvalue weighted by Gasteiger charge is -2.39. The molecule has 138 valence electrons. The second-order valence-electron chi connectivity index (χ2n) is 7.29. The summed E-state index contributed by atoms with van der Waals surface area (Å²) in [5.41, 5.74) is 4.03. The van der Waals surface area contributed by atoms with Gasteiger partial charge >= 0.3 is 0 Å². The third-order valence-corrected chi connectivity index (χ3v) is 5.44. The van der Waals surface area contributed by atoms with E-state index in [0.29, 0.717) is 0 Å². The smallest absolute Gasteiger partial charge is 0.0720 e. The fourth-order valence-electron chi connectivity index (χ4n) is 4.00. The molecule has 0 bridgehead atoms. The van der Waals surface area contributed by atoms with Gasteiger partial charge in [0.1, 0.15) is 0 Å². The van der Waals surface area contributed by atoms with E-state index in [9.17, 15) is 0 Å². The lowest BCUT2D eigenvalue weighted by molar-refractivity contribution is 0.0628. The molecule has 0 amide bonds. The van der Waals surface area contributed by atoms with Crippen LogP contribution in [0.25, 0.3) is 0 Å². The molecule has 3 rings (SSSR count). The number of benzene rings is 2. The van der Waals surface area contributed by atoms with Gasteiger partial charge in [-0.25, -0.2) is 0 Å². The first kappa shape index (κ1) is 18.8. The van der Waals surface area contributed by atoms with Gasteiger partial charge < -0.3 is 4.74 Å². The van der Waals surface area contributed by atoms with Crippen molar-refractivity contribution < 1.29 is 4.74 Å². The van der Waals surface area contributed by atoms with Gasteiger partial charge in [-0.15, -0.1) is 0 Å². The minimum atomic E-state index is -0.0651. The fraction of sp³-hybridized carbons (Fsp3) is 0.458. The fourth-order valence-corrected chi connectivity index (χ4v) is 4.00. The molecule has 1 aliphatic rings. The predicted octanol–water partition coefficient (Wildman–Crippen LogP) is 5.93. The van der Waals surface area contributed by atoms with Crippen LogP contribution in [-0.2, 0) is 16.8 Å². The number of fused-ring (bicyclic) bond motifs is 1. The van der Waals surface area contributed by atoms with Crippen molar-refractivity contribution in [3.8, 4) is 0 Å². The number of aliphatic imine (C=N–C) groups is 1. The first-order valence-electron chi connectivity index (χ1n) is 10.1. The van der Waals surface area contributed by atoms with Gasteiger partial charge in [0.25, 0.3) is 0 Å².